The van der Waals surface area contributed by atoms with Gasteiger partial charge in [-0.2, -0.15) is 0 Å². The van der Waals surface area contributed by atoms with Crippen molar-refractivity contribution in [1.82, 2.24) is 9.80 Å². The summed E-state index contributed by atoms with van der Waals surface area (Å²) >= 11 is 0. The Bertz CT molecular complexity index is 692. The summed E-state index contributed by atoms with van der Waals surface area (Å²) in [6.45, 7) is 8.46. The molecule has 4 nitrogen and oxygen atoms in total. The molecule has 0 saturated carbocycles. The highest BCUT2D eigenvalue weighted by Crippen LogP contribution is 2.12. The van der Waals surface area contributed by atoms with E-state index < -0.39 is 0 Å². The van der Waals surface area contributed by atoms with Crippen LogP contribution < -0.4 is 0 Å². The summed E-state index contributed by atoms with van der Waals surface area (Å²) in [5, 5.41) is 0. The second kappa shape index (κ2) is 9.02. The van der Waals surface area contributed by atoms with Gasteiger partial charge in [0.2, 0.25) is 0 Å². The van der Waals surface area contributed by atoms with Crippen molar-refractivity contribution in [3.05, 3.63) is 71.3 Å². The van der Waals surface area contributed by atoms with E-state index in [9.17, 15) is 9.59 Å². The summed E-state index contributed by atoms with van der Waals surface area (Å²) in [5.41, 5.74) is 2.33. The van der Waals surface area contributed by atoms with Gasteiger partial charge in [-0.05, 0) is 50.6 Å². The van der Waals surface area contributed by atoms with E-state index in [0.29, 0.717) is 37.3 Å². The fourth-order valence-corrected chi connectivity index (χ4v) is 2.76. The van der Waals surface area contributed by atoms with Gasteiger partial charge in [-0.15, -0.1) is 0 Å². The summed E-state index contributed by atoms with van der Waals surface area (Å²) in [4.78, 5) is 28.7. The number of hydrogen-bond acceptors (Lipinski definition) is 2. The van der Waals surface area contributed by atoms with Gasteiger partial charge < -0.3 is 9.80 Å². The molecule has 0 fully saturated rings. The maximum absolute atomic E-state index is 12.7. The quantitative estimate of drug-likeness (QED) is 0.770. The van der Waals surface area contributed by atoms with Gasteiger partial charge in [-0.3, -0.25) is 9.59 Å². The molecule has 2 aromatic carbocycles. The van der Waals surface area contributed by atoms with E-state index in [-0.39, 0.29) is 11.8 Å². The molecule has 0 atom stereocenters. The monoisotopic (exact) mass is 338 g/mol. The molecular weight excluding hydrogens is 312 g/mol. The van der Waals surface area contributed by atoms with Crippen LogP contribution in [0.2, 0.25) is 0 Å². The van der Waals surface area contributed by atoms with E-state index in [4.69, 9.17) is 0 Å². The second-order valence-electron chi connectivity index (χ2n) is 5.86. The van der Waals surface area contributed by atoms with Crippen molar-refractivity contribution in [3.8, 4) is 0 Å². The largest absolute Gasteiger partial charge is 0.339 e. The Labute approximate surface area is 150 Å². The Hall–Kier alpha value is -2.62. The van der Waals surface area contributed by atoms with E-state index in [0.717, 1.165) is 5.56 Å². The van der Waals surface area contributed by atoms with Gasteiger partial charge in [0.15, 0.2) is 0 Å². The Morgan fingerprint density at radius 1 is 0.680 bits per heavy atom. The van der Waals surface area contributed by atoms with Gasteiger partial charge in [0, 0.05) is 37.3 Å². The van der Waals surface area contributed by atoms with Crippen LogP contribution in [0.15, 0.2) is 54.6 Å². The fourth-order valence-electron chi connectivity index (χ4n) is 2.76. The zero-order valence-corrected chi connectivity index (χ0v) is 15.2. The molecule has 0 N–H and O–H groups in total. The number of carbonyl (C=O) groups is 2. The zero-order chi connectivity index (χ0) is 18.2. The molecule has 0 aliphatic heterocycles. The van der Waals surface area contributed by atoms with Crippen molar-refractivity contribution in [1.29, 1.82) is 0 Å². The van der Waals surface area contributed by atoms with Crippen LogP contribution in [-0.4, -0.2) is 41.2 Å². The second-order valence-corrected chi connectivity index (χ2v) is 5.86. The molecular formula is C21H26N2O2. The maximum atomic E-state index is 12.7. The molecule has 0 aliphatic rings. The standard InChI is InChI=1S/C21H26N2O2/c1-4-22(5-2)20(24)18-12-14-19(15-13-18)21(25)23(6-3)16-17-10-8-7-9-11-17/h7-15H,4-6,16H2,1-3H3. The van der Waals surface area contributed by atoms with E-state index in [2.05, 4.69) is 0 Å². The van der Waals surface area contributed by atoms with Crippen molar-refractivity contribution in [2.24, 2.45) is 0 Å². The summed E-state index contributed by atoms with van der Waals surface area (Å²) in [6, 6.07) is 16.9. The van der Waals surface area contributed by atoms with Crippen LogP contribution in [0.3, 0.4) is 0 Å². The van der Waals surface area contributed by atoms with Crippen LogP contribution in [-0.2, 0) is 6.54 Å². The molecule has 0 aliphatic carbocycles. The number of nitrogens with zero attached hydrogens (tertiary/aromatic N) is 2. The highest BCUT2D eigenvalue weighted by molar-refractivity contribution is 5.97. The Balaban J connectivity index is 2.12. The van der Waals surface area contributed by atoms with E-state index in [1.165, 1.54) is 0 Å². The van der Waals surface area contributed by atoms with Crippen LogP contribution >= 0.6 is 0 Å². The summed E-state index contributed by atoms with van der Waals surface area (Å²) < 4.78 is 0. The van der Waals surface area contributed by atoms with Crippen LogP contribution in [0, 0.1) is 0 Å². The van der Waals surface area contributed by atoms with Crippen LogP contribution in [0.5, 0.6) is 0 Å². The predicted octanol–water partition coefficient (Wildman–Crippen LogP) is 3.83. The average molecular weight is 338 g/mol. The lowest BCUT2D eigenvalue weighted by atomic mass is 10.1. The molecule has 4 heteroatoms. The normalized spacial score (nSPS) is 10.4. The molecule has 0 aromatic heterocycles. The summed E-state index contributed by atoms with van der Waals surface area (Å²) in [5.74, 6) is -0.0196. The highest BCUT2D eigenvalue weighted by atomic mass is 16.2. The van der Waals surface area contributed by atoms with E-state index >= 15 is 0 Å². The van der Waals surface area contributed by atoms with Gasteiger partial charge >= 0.3 is 0 Å². The Morgan fingerprint density at radius 3 is 1.56 bits per heavy atom. The first kappa shape index (κ1) is 18.7. The van der Waals surface area contributed by atoms with Crippen LogP contribution in [0.1, 0.15) is 47.1 Å². The SMILES string of the molecule is CCN(CC)C(=O)c1ccc(C(=O)N(CC)Cc2ccccc2)cc1. The van der Waals surface area contributed by atoms with Crippen molar-refractivity contribution in [3.63, 3.8) is 0 Å². The molecule has 0 radical (unpaired) electrons. The topological polar surface area (TPSA) is 40.6 Å². The Morgan fingerprint density at radius 2 is 1.12 bits per heavy atom. The summed E-state index contributed by atoms with van der Waals surface area (Å²) in [7, 11) is 0. The van der Waals surface area contributed by atoms with Crippen LogP contribution in [0.25, 0.3) is 0 Å². The number of carbonyl (C=O) groups excluding carboxylic acids is 2. The van der Waals surface area contributed by atoms with Crippen molar-refractivity contribution in [2.75, 3.05) is 19.6 Å². The van der Waals surface area contributed by atoms with Gasteiger partial charge in [0.05, 0.1) is 0 Å². The maximum Gasteiger partial charge on any atom is 0.254 e. The Kier molecular flexibility index (Phi) is 6.75. The number of benzene rings is 2. The molecule has 0 saturated heterocycles. The molecule has 0 spiro atoms. The first-order chi connectivity index (χ1) is 12.1. The van der Waals surface area contributed by atoms with Crippen molar-refractivity contribution in [2.45, 2.75) is 27.3 Å². The molecule has 25 heavy (non-hydrogen) atoms. The average Bonchev–Trinajstić information content (AvgIpc) is 2.67. The fraction of sp³-hybridized carbons (Fsp3) is 0.333. The minimum Gasteiger partial charge on any atom is -0.339 e. The number of hydrogen-bond donors (Lipinski definition) is 0. The van der Waals surface area contributed by atoms with E-state index in [1.807, 2.05) is 51.1 Å². The smallest absolute Gasteiger partial charge is 0.254 e. The van der Waals surface area contributed by atoms with Crippen molar-refractivity contribution < 1.29 is 9.59 Å². The number of amides is 2. The molecule has 0 heterocycles. The van der Waals surface area contributed by atoms with Crippen LogP contribution in [0.4, 0.5) is 0 Å². The minimum atomic E-state index is -0.0202. The zero-order valence-electron chi connectivity index (χ0n) is 15.2. The van der Waals surface area contributed by atoms with Gasteiger partial charge in [-0.1, -0.05) is 30.3 Å². The number of rotatable bonds is 7. The van der Waals surface area contributed by atoms with Gasteiger partial charge in [0.25, 0.3) is 11.8 Å². The lowest BCUT2D eigenvalue weighted by molar-refractivity contribution is 0.0747. The highest BCUT2D eigenvalue weighted by Gasteiger charge is 2.16. The lowest BCUT2D eigenvalue weighted by Crippen LogP contribution is -2.31. The molecule has 0 bridgehead atoms. The van der Waals surface area contributed by atoms with E-state index in [1.54, 1.807) is 34.1 Å². The molecule has 2 rings (SSSR count). The predicted molar refractivity (Wildman–Crippen MR) is 101 cm³/mol. The lowest BCUT2D eigenvalue weighted by Gasteiger charge is -2.22. The first-order valence-electron chi connectivity index (χ1n) is 8.83. The molecule has 0 unspecified atom stereocenters. The molecule has 132 valence electrons. The molecule has 2 amide bonds. The first-order valence-corrected chi connectivity index (χ1v) is 8.83. The van der Waals surface area contributed by atoms with Gasteiger partial charge in [-0.25, -0.2) is 0 Å². The summed E-state index contributed by atoms with van der Waals surface area (Å²) in [6.07, 6.45) is 0. The third kappa shape index (κ3) is 4.69. The third-order valence-electron chi connectivity index (χ3n) is 4.31. The third-order valence-corrected chi connectivity index (χ3v) is 4.31. The van der Waals surface area contributed by atoms with Crippen molar-refractivity contribution >= 4 is 11.8 Å². The van der Waals surface area contributed by atoms with Gasteiger partial charge in [0.1, 0.15) is 0 Å². The molecule has 2 aromatic rings. The minimum absolute atomic E-state index is 0.000585.